The van der Waals surface area contributed by atoms with Crippen LogP contribution in [0, 0.1) is 10.1 Å². The molecule has 0 aliphatic heterocycles. The van der Waals surface area contributed by atoms with Crippen molar-refractivity contribution in [3.05, 3.63) is 62.7 Å². The van der Waals surface area contributed by atoms with Crippen LogP contribution in [0.4, 0.5) is 18.9 Å². The molecule has 10 heteroatoms. The Kier molecular flexibility index (Phi) is 6.50. The van der Waals surface area contributed by atoms with E-state index in [0.717, 1.165) is 24.3 Å². The largest absolute Gasteiger partial charge is 0.459 e. The molecule has 0 bridgehead atoms. The minimum atomic E-state index is -4.57. The van der Waals surface area contributed by atoms with Crippen LogP contribution in [0.25, 0.3) is 0 Å². The fourth-order valence-electron chi connectivity index (χ4n) is 2.12. The zero-order valence-corrected chi connectivity index (χ0v) is 15.5. The molecule has 1 unspecified atom stereocenters. The van der Waals surface area contributed by atoms with Crippen molar-refractivity contribution in [2.45, 2.75) is 32.5 Å². The van der Waals surface area contributed by atoms with Crippen LogP contribution in [-0.4, -0.2) is 17.0 Å². The van der Waals surface area contributed by atoms with E-state index < -0.39 is 34.4 Å². The van der Waals surface area contributed by atoms with Crippen LogP contribution in [0.1, 0.15) is 36.2 Å². The summed E-state index contributed by atoms with van der Waals surface area (Å²) in [5.74, 6) is -1.04. The number of benzene rings is 2. The van der Waals surface area contributed by atoms with E-state index in [-0.39, 0.29) is 22.1 Å². The molecule has 28 heavy (non-hydrogen) atoms. The van der Waals surface area contributed by atoms with Gasteiger partial charge in [0.15, 0.2) is 0 Å². The van der Waals surface area contributed by atoms with Gasteiger partial charge in [0.25, 0.3) is 5.69 Å². The van der Waals surface area contributed by atoms with E-state index in [4.69, 9.17) is 21.1 Å². The summed E-state index contributed by atoms with van der Waals surface area (Å²) < 4.78 is 48.6. The van der Waals surface area contributed by atoms with Crippen LogP contribution in [0.2, 0.25) is 5.02 Å². The number of ether oxygens (including phenoxy) is 2. The molecule has 0 radical (unpaired) electrons. The highest BCUT2D eigenvalue weighted by atomic mass is 35.5. The predicted octanol–water partition coefficient (Wildman–Crippen LogP) is 6.01. The van der Waals surface area contributed by atoms with E-state index in [9.17, 15) is 28.1 Å². The number of hydrogen-bond acceptors (Lipinski definition) is 5. The molecule has 0 fully saturated rings. The minimum absolute atomic E-state index is 0.0247. The molecular weight excluding hydrogens is 403 g/mol. The van der Waals surface area contributed by atoms with E-state index in [1.165, 1.54) is 6.07 Å². The molecule has 1 atom stereocenters. The molecule has 2 rings (SSSR count). The summed E-state index contributed by atoms with van der Waals surface area (Å²) in [5, 5.41) is 10.9. The molecule has 2 aromatic rings. The van der Waals surface area contributed by atoms with Gasteiger partial charge in [-0.25, -0.2) is 4.79 Å². The van der Waals surface area contributed by atoms with Crippen LogP contribution in [0.3, 0.4) is 0 Å². The maximum absolute atomic E-state index is 12.7. The van der Waals surface area contributed by atoms with E-state index >= 15 is 0 Å². The molecule has 0 N–H and O–H groups in total. The topological polar surface area (TPSA) is 78.7 Å². The van der Waals surface area contributed by atoms with Crippen molar-refractivity contribution in [1.82, 2.24) is 0 Å². The Morgan fingerprint density at radius 2 is 1.93 bits per heavy atom. The number of rotatable bonds is 6. The van der Waals surface area contributed by atoms with Gasteiger partial charge in [0.1, 0.15) is 17.1 Å². The van der Waals surface area contributed by atoms with Gasteiger partial charge >= 0.3 is 12.1 Å². The number of nitrogens with zero attached hydrogens (tertiary/aromatic N) is 1. The number of carbonyl (C=O) groups excluding carboxylic acids is 1. The van der Waals surface area contributed by atoms with E-state index in [0.29, 0.717) is 12.5 Å². The molecule has 0 heterocycles. The Bertz CT molecular complexity index is 901. The average molecular weight is 418 g/mol. The van der Waals surface area contributed by atoms with Gasteiger partial charge in [-0.3, -0.25) is 10.1 Å². The second-order valence-electron chi connectivity index (χ2n) is 5.81. The van der Waals surface area contributed by atoms with Crippen LogP contribution in [0.5, 0.6) is 11.5 Å². The lowest BCUT2D eigenvalue weighted by Crippen LogP contribution is -2.15. The van der Waals surface area contributed by atoms with Crippen LogP contribution < -0.4 is 4.74 Å². The molecule has 0 amide bonds. The van der Waals surface area contributed by atoms with Crippen molar-refractivity contribution in [3.8, 4) is 11.5 Å². The first-order valence-corrected chi connectivity index (χ1v) is 8.44. The van der Waals surface area contributed by atoms with Crippen molar-refractivity contribution >= 4 is 23.3 Å². The SMILES string of the molecule is CCC(C)OC(=O)c1cc(Oc2ccc(C(F)(F)F)cc2Cl)ccc1[N+](=O)[O-]. The van der Waals surface area contributed by atoms with Gasteiger partial charge in [0.05, 0.1) is 21.6 Å². The van der Waals surface area contributed by atoms with Crippen molar-refractivity contribution in [2.24, 2.45) is 0 Å². The Hall–Kier alpha value is -2.81. The smallest absolute Gasteiger partial charge is 0.416 e. The zero-order chi connectivity index (χ0) is 21.1. The summed E-state index contributed by atoms with van der Waals surface area (Å²) >= 11 is 5.83. The summed E-state index contributed by atoms with van der Waals surface area (Å²) in [4.78, 5) is 22.7. The van der Waals surface area contributed by atoms with E-state index in [2.05, 4.69) is 0 Å². The molecule has 2 aromatic carbocycles. The first-order chi connectivity index (χ1) is 13.0. The highest BCUT2D eigenvalue weighted by Gasteiger charge is 2.31. The fraction of sp³-hybridized carbons (Fsp3) is 0.278. The fourth-order valence-corrected chi connectivity index (χ4v) is 2.34. The molecule has 0 aromatic heterocycles. The van der Waals surface area contributed by atoms with Crippen LogP contribution in [-0.2, 0) is 10.9 Å². The van der Waals surface area contributed by atoms with Crippen molar-refractivity contribution in [3.63, 3.8) is 0 Å². The lowest BCUT2D eigenvalue weighted by atomic mass is 10.1. The maximum Gasteiger partial charge on any atom is 0.416 e. The van der Waals surface area contributed by atoms with Gasteiger partial charge in [0.2, 0.25) is 0 Å². The molecule has 150 valence electrons. The standard InChI is InChI=1S/C18H15ClF3NO5/c1-3-10(2)27-17(24)13-9-12(5-6-15(13)23(25)26)28-16-7-4-11(8-14(16)19)18(20,21)22/h4-10H,3H2,1-2H3. The van der Waals surface area contributed by atoms with E-state index in [1.807, 2.05) is 0 Å². The third-order valence-corrected chi connectivity index (χ3v) is 4.05. The first kappa shape index (κ1) is 21.5. The van der Waals surface area contributed by atoms with Crippen molar-refractivity contribution < 1.29 is 32.4 Å². The number of alkyl halides is 3. The van der Waals surface area contributed by atoms with Crippen molar-refractivity contribution in [1.29, 1.82) is 0 Å². The van der Waals surface area contributed by atoms with Gasteiger partial charge in [-0.05, 0) is 37.6 Å². The Labute approximate surface area is 163 Å². The summed E-state index contributed by atoms with van der Waals surface area (Å²) in [7, 11) is 0. The highest BCUT2D eigenvalue weighted by molar-refractivity contribution is 6.32. The van der Waals surface area contributed by atoms with Gasteiger partial charge in [-0.15, -0.1) is 0 Å². The number of halogens is 4. The number of nitro benzene ring substituents is 1. The second-order valence-corrected chi connectivity index (χ2v) is 6.21. The average Bonchev–Trinajstić information content (AvgIpc) is 2.62. The number of esters is 1. The molecule has 0 saturated heterocycles. The molecule has 0 aliphatic carbocycles. The summed E-state index contributed by atoms with van der Waals surface area (Å²) in [6, 6.07) is 5.82. The zero-order valence-electron chi connectivity index (χ0n) is 14.7. The number of hydrogen-bond donors (Lipinski definition) is 0. The normalized spacial score (nSPS) is 12.4. The van der Waals surface area contributed by atoms with Gasteiger partial charge in [-0.1, -0.05) is 18.5 Å². The van der Waals surface area contributed by atoms with Gasteiger partial charge < -0.3 is 9.47 Å². The lowest BCUT2D eigenvalue weighted by molar-refractivity contribution is -0.385. The maximum atomic E-state index is 12.7. The number of carbonyl (C=O) groups is 1. The molecule has 0 spiro atoms. The first-order valence-electron chi connectivity index (χ1n) is 8.07. The molecule has 0 saturated carbocycles. The Morgan fingerprint density at radius 1 is 1.25 bits per heavy atom. The Balaban J connectivity index is 2.36. The lowest BCUT2D eigenvalue weighted by Gasteiger charge is -2.13. The van der Waals surface area contributed by atoms with Crippen LogP contribution in [0.15, 0.2) is 36.4 Å². The quantitative estimate of drug-likeness (QED) is 0.326. The monoisotopic (exact) mass is 417 g/mol. The molecular formula is C18H15ClF3NO5. The summed E-state index contributed by atoms with van der Waals surface area (Å²) in [5.41, 5.74) is -1.78. The highest BCUT2D eigenvalue weighted by Crippen LogP contribution is 2.37. The number of nitro groups is 1. The summed E-state index contributed by atoms with van der Waals surface area (Å²) in [6.45, 7) is 3.41. The Morgan fingerprint density at radius 3 is 2.46 bits per heavy atom. The van der Waals surface area contributed by atoms with E-state index in [1.54, 1.807) is 13.8 Å². The molecule has 6 nitrogen and oxygen atoms in total. The van der Waals surface area contributed by atoms with Crippen molar-refractivity contribution in [2.75, 3.05) is 0 Å². The van der Waals surface area contributed by atoms with Gasteiger partial charge in [0, 0.05) is 12.1 Å². The molecule has 0 aliphatic rings. The third kappa shape index (κ3) is 5.13. The minimum Gasteiger partial charge on any atom is -0.459 e. The second kappa shape index (κ2) is 8.47. The predicted molar refractivity (Wildman–Crippen MR) is 94.8 cm³/mol. The third-order valence-electron chi connectivity index (χ3n) is 3.75. The van der Waals surface area contributed by atoms with Gasteiger partial charge in [-0.2, -0.15) is 13.2 Å². The summed E-state index contributed by atoms with van der Waals surface area (Å²) in [6.07, 6.45) is -4.51. The van der Waals surface area contributed by atoms with Crippen LogP contribution >= 0.6 is 11.6 Å².